The van der Waals surface area contributed by atoms with Gasteiger partial charge in [-0.3, -0.25) is 9.59 Å². The fourth-order valence-electron chi connectivity index (χ4n) is 4.44. The van der Waals surface area contributed by atoms with Gasteiger partial charge in [0.1, 0.15) is 0 Å². The van der Waals surface area contributed by atoms with Gasteiger partial charge in [0.05, 0.1) is 21.8 Å². The molecule has 0 unspecified atom stereocenters. The van der Waals surface area contributed by atoms with Crippen molar-refractivity contribution in [1.29, 1.82) is 0 Å². The lowest BCUT2D eigenvalue weighted by Gasteiger charge is -2.14. The second kappa shape index (κ2) is 11.1. The van der Waals surface area contributed by atoms with Crippen LogP contribution in [-0.4, -0.2) is 56.8 Å². The van der Waals surface area contributed by atoms with Crippen molar-refractivity contribution in [3.8, 4) is 0 Å². The molecule has 3 aromatic rings. The number of aromatic amines is 1. The van der Waals surface area contributed by atoms with Crippen molar-refractivity contribution in [2.45, 2.75) is 31.4 Å². The fraction of sp³-hybridized carbons (Fsp3) is 0.286. The lowest BCUT2D eigenvalue weighted by Crippen LogP contribution is -2.33. The average Bonchev–Trinajstić information content (AvgIpc) is 3.32. The molecule has 3 N–H and O–H groups in total. The van der Waals surface area contributed by atoms with Gasteiger partial charge in [0.25, 0.3) is 11.8 Å². The molecule has 200 valence electrons. The number of aromatic nitrogens is 1. The Labute approximate surface area is 228 Å². The molecule has 0 saturated carbocycles. The Bertz CT molecular complexity index is 1540. The van der Waals surface area contributed by atoms with Crippen LogP contribution in [0.3, 0.4) is 0 Å². The van der Waals surface area contributed by atoms with Gasteiger partial charge in [0.2, 0.25) is 0 Å². The summed E-state index contributed by atoms with van der Waals surface area (Å²) >= 11 is 6.02. The number of amides is 2. The standard InChI is InChI=1S/C28H31ClN4O4S/c1-5-33(4)12-11-30-28(35)26-17(2)25(31-18(26)3)15-23-22-14-21(9-10-24(22)32-27(23)34)38(36,37)16-19-7-6-8-20(29)13-19/h6-10,13-15,31H,5,11-12,16H2,1-4H3,(H,30,35)(H,32,34). The van der Waals surface area contributed by atoms with Crippen LogP contribution >= 0.6 is 11.6 Å². The maximum atomic E-state index is 13.2. The van der Waals surface area contributed by atoms with Crippen molar-refractivity contribution in [3.05, 3.63) is 81.1 Å². The number of likely N-dealkylation sites (N-methyl/N-ethyl adjacent to an activating group) is 1. The number of rotatable bonds is 9. The third-order valence-corrected chi connectivity index (χ3v) is 8.61. The van der Waals surface area contributed by atoms with E-state index >= 15 is 0 Å². The molecule has 10 heteroatoms. The highest BCUT2D eigenvalue weighted by atomic mass is 35.5. The first kappa shape index (κ1) is 27.6. The molecule has 0 saturated heterocycles. The van der Waals surface area contributed by atoms with Crippen LogP contribution in [0.1, 0.15) is 45.4 Å². The Balaban J connectivity index is 1.63. The van der Waals surface area contributed by atoms with Crippen LogP contribution in [0.4, 0.5) is 5.69 Å². The Morgan fingerprint density at radius 1 is 1.16 bits per heavy atom. The number of benzene rings is 2. The molecule has 0 aliphatic carbocycles. The summed E-state index contributed by atoms with van der Waals surface area (Å²) in [5, 5.41) is 6.21. The van der Waals surface area contributed by atoms with Crippen LogP contribution in [0.2, 0.25) is 5.02 Å². The van der Waals surface area contributed by atoms with E-state index in [1.54, 1.807) is 36.4 Å². The number of aryl methyl sites for hydroxylation is 1. The van der Waals surface area contributed by atoms with Crippen LogP contribution in [0, 0.1) is 13.8 Å². The summed E-state index contributed by atoms with van der Waals surface area (Å²) in [6.07, 6.45) is 1.67. The maximum absolute atomic E-state index is 13.2. The molecule has 38 heavy (non-hydrogen) atoms. The third kappa shape index (κ3) is 5.85. The normalized spacial score (nSPS) is 14.2. The Morgan fingerprint density at radius 2 is 1.92 bits per heavy atom. The SMILES string of the molecule is CCN(C)CCNC(=O)c1c(C)[nH]c(C=C2C(=O)Nc3ccc(S(=O)(=O)Cc4cccc(Cl)c4)cc32)c1C. The van der Waals surface area contributed by atoms with Crippen LogP contribution in [0.5, 0.6) is 0 Å². The van der Waals surface area contributed by atoms with Crippen molar-refractivity contribution in [1.82, 2.24) is 15.2 Å². The summed E-state index contributed by atoms with van der Waals surface area (Å²) in [6.45, 7) is 7.83. The van der Waals surface area contributed by atoms with Crippen LogP contribution in [-0.2, 0) is 20.4 Å². The van der Waals surface area contributed by atoms with Crippen molar-refractivity contribution in [3.63, 3.8) is 0 Å². The largest absolute Gasteiger partial charge is 0.358 e. The molecule has 0 fully saturated rings. The van der Waals surface area contributed by atoms with Gasteiger partial charge in [-0.05, 0) is 75.0 Å². The van der Waals surface area contributed by atoms with Crippen LogP contribution in [0.25, 0.3) is 11.6 Å². The van der Waals surface area contributed by atoms with Gasteiger partial charge in [-0.2, -0.15) is 0 Å². The average molecular weight is 555 g/mol. The minimum absolute atomic E-state index is 0.107. The number of sulfone groups is 1. The van der Waals surface area contributed by atoms with E-state index in [4.69, 9.17) is 11.6 Å². The zero-order valence-electron chi connectivity index (χ0n) is 21.8. The first-order valence-electron chi connectivity index (χ1n) is 12.3. The molecular formula is C28H31ClN4O4S. The quantitative estimate of drug-likeness (QED) is 0.339. The predicted octanol–water partition coefficient (Wildman–Crippen LogP) is 4.43. The second-order valence-electron chi connectivity index (χ2n) is 9.42. The summed E-state index contributed by atoms with van der Waals surface area (Å²) in [4.78, 5) is 31.1. The molecule has 0 atom stereocenters. The van der Waals surface area contributed by atoms with Crippen molar-refractivity contribution in [2.24, 2.45) is 0 Å². The topological polar surface area (TPSA) is 111 Å². The zero-order chi connectivity index (χ0) is 27.6. The van der Waals surface area contributed by atoms with E-state index < -0.39 is 9.84 Å². The first-order chi connectivity index (χ1) is 18.0. The minimum Gasteiger partial charge on any atom is -0.358 e. The highest BCUT2D eigenvalue weighted by Crippen LogP contribution is 2.36. The molecule has 8 nitrogen and oxygen atoms in total. The van der Waals surface area contributed by atoms with E-state index in [2.05, 4.69) is 27.4 Å². The van der Waals surface area contributed by atoms with E-state index in [0.717, 1.165) is 13.1 Å². The molecule has 2 heterocycles. The van der Waals surface area contributed by atoms with Crippen molar-refractivity contribution < 1.29 is 18.0 Å². The molecule has 2 amide bonds. The molecule has 0 bridgehead atoms. The lowest BCUT2D eigenvalue weighted by molar-refractivity contribution is -0.110. The molecule has 0 spiro atoms. The van der Waals surface area contributed by atoms with Gasteiger partial charge < -0.3 is 20.5 Å². The number of anilines is 1. The van der Waals surface area contributed by atoms with Crippen molar-refractivity contribution in [2.75, 3.05) is 32.0 Å². The summed E-state index contributed by atoms with van der Waals surface area (Å²) in [5.74, 6) is -0.741. The zero-order valence-corrected chi connectivity index (χ0v) is 23.4. The number of hydrogen-bond donors (Lipinski definition) is 3. The Hall–Kier alpha value is -3.40. The van der Waals surface area contributed by atoms with Gasteiger partial charge in [0.15, 0.2) is 9.84 Å². The number of nitrogens with zero attached hydrogens (tertiary/aromatic N) is 1. The Morgan fingerprint density at radius 3 is 2.63 bits per heavy atom. The van der Waals surface area contributed by atoms with Gasteiger partial charge in [0, 0.05) is 40.8 Å². The monoisotopic (exact) mass is 554 g/mol. The molecule has 1 aromatic heterocycles. The highest BCUT2D eigenvalue weighted by molar-refractivity contribution is 7.90. The summed E-state index contributed by atoms with van der Waals surface area (Å²) < 4.78 is 26.3. The molecule has 1 aliphatic rings. The summed E-state index contributed by atoms with van der Waals surface area (Å²) in [5.41, 5.74) is 4.46. The molecule has 4 rings (SSSR count). The van der Waals surface area contributed by atoms with Gasteiger partial charge in [-0.25, -0.2) is 8.42 Å². The smallest absolute Gasteiger partial charge is 0.256 e. The molecule has 2 aromatic carbocycles. The highest BCUT2D eigenvalue weighted by Gasteiger charge is 2.28. The number of carbonyl (C=O) groups excluding carboxylic acids is 2. The van der Waals surface area contributed by atoms with Gasteiger partial charge >= 0.3 is 0 Å². The predicted molar refractivity (Wildman–Crippen MR) is 151 cm³/mol. The van der Waals surface area contributed by atoms with Gasteiger partial charge in [-0.15, -0.1) is 0 Å². The molecule has 0 radical (unpaired) electrons. The van der Waals surface area contributed by atoms with E-state index in [-0.39, 0.29) is 22.5 Å². The number of fused-ring (bicyclic) bond motifs is 1. The van der Waals surface area contributed by atoms with E-state index in [0.29, 0.717) is 56.5 Å². The van der Waals surface area contributed by atoms with E-state index in [1.165, 1.54) is 12.1 Å². The van der Waals surface area contributed by atoms with Crippen molar-refractivity contribution >= 4 is 50.6 Å². The Kier molecular flexibility index (Phi) is 8.10. The number of carbonyl (C=O) groups is 2. The number of halogens is 1. The van der Waals surface area contributed by atoms with E-state index in [9.17, 15) is 18.0 Å². The minimum atomic E-state index is -3.69. The number of hydrogen-bond acceptors (Lipinski definition) is 5. The van der Waals surface area contributed by atoms with Crippen LogP contribution in [0.15, 0.2) is 47.4 Å². The molecular weight excluding hydrogens is 524 g/mol. The summed E-state index contributed by atoms with van der Waals surface area (Å²) in [7, 11) is -1.71. The fourth-order valence-corrected chi connectivity index (χ4v) is 6.01. The number of nitrogens with one attached hydrogen (secondary N) is 3. The summed E-state index contributed by atoms with van der Waals surface area (Å²) in [6, 6.07) is 11.3. The van der Waals surface area contributed by atoms with Crippen LogP contribution < -0.4 is 10.6 Å². The van der Waals surface area contributed by atoms with E-state index in [1.807, 2.05) is 20.9 Å². The lowest BCUT2D eigenvalue weighted by atomic mass is 10.0. The first-order valence-corrected chi connectivity index (χ1v) is 14.3. The third-order valence-electron chi connectivity index (χ3n) is 6.69. The number of H-pyrrole nitrogens is 1. The maximum Gasteiger partial charge on any atom is 0.256 e. The molecule has 1 aliphatic heterocycles. The second-order valence-corrected chi connectivity index (χ2v) is 11.9. The van der Waals surface area contributed by atoms with Gasteiger partial charge in [-0.1, -0.05) is 30.7 Å².